The number of carbonyl (C=O) groups excluding carboxylic acids is 1. The monoisotopic (exact) mass is 543 g/mol. The molecule has 3 atom stereocenters. The fourth-order valence-electron chi connectivity index (χ4n) is 4.68. The number of amides is 1. The number of aliphatic carboxylic acids is 1. The van der Waals surface area contributed by atoms with Gasteiger partial charge in [0.25, 0.3) is 5.89 Å². The topological polar surface area (TPSA) is 135 Å². The molecule has 2 heterocycles. The van der Waals surface area contributed by atoms with E-state index in [0.717, 1.165) is 11.1 Å². The average molecular weight is 544 g/mol. The molecule has 0 bridgehead atoms. The van der Waals surface area contributed by atoms with E-state index in [0.29, 0.717) is 35.4 Å². The molecular formula is C27H30ClN3O7. The fourth-order valence-corrected chi connectivity index (χ4v) is 4.80. The molecule has 3 aromatic rings. The SMILES string of the molecule is COc1ccc([C@@H]2CN(C(=O)CCC(=O)O)C[C@@]2(C)[C@@H](C)O)cc1OCc1nc(-c2ccc(Cl)cc2)no1. The number of carboxylic acids is 1. The maximum atomic E-state index is 12.7. The molecule has 11 heteroatoms. The number of benzene rings is 2. The van der Waals surface area contributed by atoms with Crippen LogP contribution in [0.4, 0.5) is 0 Å². The van der Waals surface area contributed by atoms with Crippen LogP contribution < -0.4 is 9.47 Å². The number of halogens is 1. The van der Waals surface area contributed by atoms with Crippen LogP contribution in [0.2, 0.25) is 5.02 Å². The predicted octanol–water partition coefficient (Wildman–Crippen LogP) is 4.16. The van der Waals surface area contributed by atoms with Crippen molar-refractivity contribution < 1.29 is 33.8 Å². The normalized spacial score (nSPS) is 19.8. The predicted molar refractivity (Wildman–Crippen MR) is 138 cm³/mol. The number of nitrogens with zero attached hydrogens (tertiary/aromatic N) is 3. The number of hydrogen-bond donors (Lipinski definition) is 2. The maximum absolute atomic E-state index is 12.7. The molecule has 4 rings (SSSR count). The van der Waals surface area contributed by atoms with Crippen LogP contribution in [-0.2, 0) is 16.2 Å². The van der Waals surface area contributed by atoms with E-state index in [9.17, 15) is 14.7 Å². The van der Waals surface area contributed by atoms with Crippen molar-refractivity contribution in [1.82, 2.24) is 15.0 Å². The standard InChI is InChI=1S/C27H30ClN3O7/c1-16(32)27(2)15-31(24(33)10-11-25(34)35)13-20(27)18-6-9-21(36-3)22(12-18)37-14-23-29-26(30-38-23)17-4-7-19(28)8-5-17/h4-9,12,16,20,32H,10-11,13-15H2,1-3H3,(H,34,35)/t16-,20+,27+/m1/s1. The van der Waals surface area contributed by atoms with Gasteiger partial charge in [-0.15, -0.1) is 0 Å². The Morgan fingerprint density at radius 1 is 1.21 bits per heavy atom. The Morgan fingerprint density at radius 3 is 2.61 bits per heavy atom. The zero-order valence-electron chi connectivity index (χ0n) is 21.4. The Balaban J connectivity index is 1.53. The van der Waals surface area contributed by atoms with Crippen LogP contribution in [0.1, 0.15) is 44.1 Å². The lowest BCUT2D eigenvalue weighted by Gasteiger charge is -2.33. The highest BCUT2D eigenvalue weighted by molar-refractivity contribution is 6.30. The van der Waals surface area contributed by atoms with E-state index in [1.54, 1.807) is 42.2 Å². The summed E-state index contributed by atoms with van der Waals surface area (Å²) in [6, 6.07) is 12.5. The van der Waals surface area contributed by atoms with Gasteiger partial charge in [-0.2, -0.15) is 4.98 Å². The molecule has 1 aromatic heterocycles. The summed E-state index contributed by atoms with van der Waals surface area (Å²) in [5, 5.41) is 24.2. The van der Waals surface area contributed by atoms with Crippen molar-refractivity contribution in [2.75, 3.05) is 20.2 Å². The highest BCUT2D eigenvalue weighted by Crippen LogP contribution is 2.47. The van der Waals surface area contributed by atoms with E-state index in [1.165, 1.54) is 7.11 Å². The van der Waals surface area contributed by atoms with Crippen molar-refractivity contribution in [3.8, 4) is 22.9 Å². The van der Waals surface area contributed by atoms with Crippen LogP contribution in [0.15, 0.2) is 47.0 Å². The van der Waals surface area contributed by atoms with Gasteiger partial charge < -0.3 is 29.1 Å². The number of carbonyl (C=O) groups is 2. The first kappa shape index (κ1) is 27.4. The van der Waals surface area contributed by atoms with Gasteiger partial charge in [0.2, 0.25) is 11.7 Å². The molecule has 0 saturated carbocycles. The Bertz CT molecular complexity index is 1290. The first-order valence-electron chi connectivity index (χ1n) is 12.2. The molecule has 0 spiro atoms. The number of rotatable bonds is 10. The van der Waals surface area contributed by atoms with Gasteiger partial charge in [-0.05, 0) is 48.9 Å². The fraction of sp³-hybridized carbons (Fsp3) is 0.407. The summed E-state index contributed by atoms with van der Waals surface area (Å²) in [6.07, 6.45) is -1.04. The summed E-state index contributed by atoms with van der Waals surface area (Å²) in [6.45, 7) is 4.28. The van der Waals surface area contributed by atoms with E-state index in [2.05, 4.69) is 10.1 Å². The third-order valence-electron chi connectivity index (χ3n) is 7.10. The molecule has 0 radical (unpaired) electrons. The zero-order chi connectivity index (χ0) is 27.4. The van der Waals surface area contributed by atoms with Crippen molar-refractivity contribution in [1.29, 1.82) is 0 Å². The van der Waals surface area contributed by atoms with Crippen molar-refractivity contribution in [3.63, 3.8) is 0 Å². The molecule has 202 valence electrons. The Hall–Kier alpha value is -3.63. The van der Waals surface area contributed by atoms with Crippen LogP contribution in [0.5, 0.6) is 11.5 Å². The zero-order valence-corrected chi connectivity index (χ0v) is 22.1. The van der Waals surface area contributed by atoms with Gasteiger partial charge in [0.1, 0.15) is 0 Å². The molecule has 1 saturated heterocycles. The van der Waals surface area contributed by atoms with E-state index >= 15 is 0 Å². The third kappa shape index (κ3) is 5.92. The van der Waals surface area contributed by atoms with Crippen LogP contribution in [0.25, 0.3) is 11.4 Å². The lowest BCUT2D eigenvalue weighted by Crippen LogP contribution is -2.38. The highest BCUT2D eigenvalue weighted by Gasteiger charge is 2.48. The number of methoxy groups -OCH3 is 1. The largest absolute Gasteiger partial charge is 0.493 e. The Kier molecular flexibility index (Phi) is 8.23. The molecule has 1 amide bonds. The lowest BCUT2D eigenvalue weighted by atomic mass is 9.72. The van der Waals surface area contributed by atoms with Crippen molar-refractivity contribution in [3.05, 3.63) is 58.9 Å². The van der Waals surface area contributed by atoms with Gasteiger partial charge in [0, 0.05) is 41.4 Å². The van der Waals surface area contributed by atoms with Crippen LogP contribution in [0, 0.1) is 5.41 Å². The molecule has 0 unspecified atom stereocenters. The van der Waals surface area contributed by atoms with Crippen LogP contribution in [0.3, 0.4) is 0 Å². The van der Waals surface area contributed by atoms with Gasteiger partial charge in [-0.1, -0.05) is 29.7 Å². The number of carboxylic acid groups (broad SMARTS) is 1. The van der Waals surface area contributed by atoms with E-state index in [4.69, 9.17) is 30.7 Å². The van der Waals surface area contributed by atoms with Crippen LogP contribution >= 0.6 is 11.6 Å². The van der Waals surface area contributed by atoms with Gasteiger partial charge in [-0.3, -0.25) is 9.59 Å². The minimum atomic E-state index is -1.02. The number of ether oxygens (including phenoxy) is 2. The number of aliphatic hydroxyl groups is 1. The summed E-state index contributed by atoms with van der Waals surface area (Å²) in [4.78, 5) is 29.6. The second-order valence-electron chi connectivity index (χ2n) is 9.62. The molecule has 38 heavy (non-hydrogen) atoms. The molecule has 2 N–H and O–H groups in total. The second-order valence-corrected chi connectivity index (χ2v) is 10.1. The Labute approximate surface area is 225 Å². The minimum Gasteiger partial charge on any atom is -0.493 e. The molecule has 1 fully saturated rings. The molecule has 2 aromatic carbocycles. The smallest absolute Gasteiger partial charge is 0.303 e. The third-order valence-corrected chi connectivity index (χ3v) is 7.35. The van der Waals surface area contributed by atoms with Gasteiger partial charge in [0.05, 0.1) is 19.6 Å². The Morgan fingerprint density at radius 2 is 1.95 bits per heavy atom. The summed E-state index contributed by atoms with van der Waals surface area (Å²) in [5.74, 6) is 0.131. The molecule has 1 aliphatic rings. The van der Waals surface area contributed by atoms with Gasteiger partial charge in [0.15, 0.2) is 18.1 Å². The minimum absolute atomic E-state index is 0.00145. The molecule has 0 aliphatic carbocycles. The van der Waals surface area contributed by atoms with Crippen molar-refractivity contribution >= 4 is 23.5 Å². The number of likely N-dealkylation sites (tertiary alicyclic amines) is 1. The van der Waals surface area contributed by atoms with E-state index in [1.807, 2.05) is 19.1 Å². The summed E-state index contributed by atoms with van der Waals surface area (Å²) < 4.78 is 16.8. The van der Waals surface area contributed by atoms with Gasteiger partial charge >= 0.3 is 5.97 Å². The van der Waals surface area contributed by atoms with Crippen LogP contribution in [-0.4, -0.2) is 63.4 Å². The number of hydrogen-bond acceptors (Lipinski definition) is 8. The quantitative estimate of drug-likeness (QED) is 0.386. The van der Waals surface area contributed by atoms with E-state index < -0.39 is 17.5 Å². The van der Waals surface area contributed by atoms with E-state index in [-0.39, 0.29) is 37.2 Å². The first-order chi connectivity index (χ1) is 18.1. The molecule has 1 aliphatic heterocycles. The number of aromatic nitrogens is 2. The molecule has 10 nitrogen and oxygen atoms in total. The number of aliphatic hydroxyl groups excluding tert-OH is 1. The second kappa shape index (κ2) is 11.4. The summed E-state index contributed by atoms with van der Waals surface area (Å²) >= 11 is 5.94. The summed E-state index contributed by atoms with van der Waals surface area (Å²) in [5.41, 5.74) is 0.959. The maximum Gasteiger partial charge on any atom is 0.303 e. The highest BCUT2D eigenvalue weighted by atomic mass is 35.5. The summed E-state index contributed by atoms with van der Waals surface area (Å²) in [7, 11) is 1.53. The van der Waals surface area contributed by atoms with Gasteiger partial charge in [-0.25, -0.2) is 0 Å². The van der Waals surface area contributed by atoms with Crippen molar-refractivity contribution in [2.24, 2.45) is 5.41 Å². The first-order valence-corrected chi connectivity index (χ1v) is 12.6. The lowest BCUT2D eigenvalue weighted by molar-refractivity contribution is -0.140. The van der Waals surface area contributed by atoms with Crippen molar-refractivity contribution in [2.45, 2.75) is 45.3 Å². The molecular weight excluding hydrogens is 514 g/mol. The average Bonchev–Trinajstić information content (AvgIpc) is 3.52.